The standard InChI is InChI=1S/C19H21ClN4OS/c1-22(12-15-11-16(20)9-10-17(15)25-3)13-24-19(26)23(2)18(21-24)14-7-5-4-6-8-14/h4-11H,12-13H2,1-3H3/p+1. The van der Waals surface area contributed by atoms with Crippen molar-refractivity contribution >= 4 is 23.8 Å². The third-order valence-corrected chi connectivity index (χ3v) is 4.95. The summed E-state index contributed by atoms with van der Waals surface area (Å²) in [4.78, 5) is 1.22. The second-order valence-electron chi connectivity index (χ2n) is 6.28. The third-order valence-electron chi connectivity index (χ3n) is 4.23. The molecule has 5 nitrogen and oxygen atoms in total. The Labute approximate surface area is 163 Å². The first-order chi connectivity index (χ1) is 12.5. The number of halogens is 1. The molecule has 0 spiro atoms. The largest absolute Gasteiger partial charge is 0.496 e. The first kappa shape index (κ1) is 18.6. The Balaban J connectivity index is 1.81. The highest BCUT2D eigenvalue weighted by atomic mass is 35.5. The minimum absolute atomic E-state index is 0.648. The average Bonchev–Trinajstić information content (AvgIpc) is 2.91. The molecule has 1 heterocycles. The maximum Gasteiger partial charge on any atom is 0.202 e. The second-order valence-corrected chi connectivity index (χ2v) is 7.08. The summed E-state index contributed by atoms with van der Waals surface area (Å²) in [6, 6.07) is 15.7. The fraction of sp³-hybridized carbons (Fsp3) is 0.263. The molecule has 0 radical (unpaired) electrons. The summed E-state index contributed by atoms with van der Waals surface area (Å²) in [6.45, 7) is 1.40. The zero-order valence-electron chi connectivity index (χ0n) is 15.1. The average molecular weight is 390 g/mol. The molecule has 1 atom stereocenters. The number of methoxy groups -OCH3 is 1. The molecule has 0 fully saturated rings. The second kappa shape index (κ2) is 8.03. The molecular formula is C19H22ClN4OS+. The number of benzene rings is 2. The Morgan fingerprint density at radius 2 is 1.92 bits per heavy atom. The van der Waals surface area contributed by atoms with Gasteiger partial charge in [0, 0.05) is 23.2 Å². The van der Waals surface area contributed by atoms with Crippen molar-refractivity contribution in [3.63, 3.8) is 0 Å². The predicted molar refractivity (Wildman–Crippen MR) is 106 cm³/mol. The molecule has 0 amide bonds. The summed E-state index contributed by atoms with van der Waals surface area (Å²) in [5.41, 5.74) is 2.11. The first-order valence-electron chi connectivity index (χ1n) is 8.32. The number of nitrogens with zero attached hydrogens (tertiary/aromatic N) is 3. The van der Waals surface area contributed by atoms with Gasteiger partial charge in [0.15, 0.2) is 12.5 Å². The van der Waals surface area contributed by atoms with E-state index in [1.54, 1.807) is 7.11 Å². The van der Waals surface area contributed by atoms with E-state index in [2.05, 4.69) is 7.05 Å². The molecule has 136 valence electrons. The van der Waals surface area contributed by atoms with Crippen LogP contribution < -0.4 is 9.64 Å². The van der Waals surface area contributed by atoms with E-state index in [1.165, 1.54) is 4.90 Å². The van der Waals surface area contributed by atoms with Gasteiger partial charge in [-0.25, -0.2) is 0 Å². The van der Waals surface area contributed by atoms with Gasteiger partial charge in [-0.05, 0) is 30.4 Å². The molecule has 1 unspecified atom stereocenters. The molecule has 1 aromatic heterocycles. The molecule has 0 bridgehead atoms. The van der Waals surface area contributed by atoms with Gasteiger partial charge in [-0.15, -0.1) is 5.10 Å². The summed E-state index contributed by atoms with van der Waals surface area (Å²) < 4.78 is 9.94. The molecule has 0 aliphatic heterocycles. The van der Waals surface area contributed by atoms with E-state index in [4.69, 9.17) is 33.7 Å². The van der Waals surface area contributed by atoms with Crippen LogP contribution in [0.15, 0.2) is 48.5 Å². The van der Waals surface area contributed by atoms with Crippen LogP contribution in [0.4, 0.5) is 0 Å². The Morgan fingerprint density at radius 1 is 1.19 bits per heavy atom. The van der Waals surface area contributed by atoms with Gasteiger partial charge in [0.2, 0.25) is 4.77 Å². The van der Waals surface area contributed by atoms with E-state index < -0.39 is 0 Å². The van der Waals surface area contributed by atoms with Crippen LogP contribution in [0, 0.1) is 4.77 Å². The van der Waals surface area contributed by atoms with Gasteiger partial charge < -0.3 is 14.2 Å². The van der Waals surface area contributed by atoms with E-state index in [-0.39, 0.29) is 0 Å². The van der Waals surface area contributed by atoms with Crippen molar-refractivity contribution in [1.29, 1.82) is 0 Å². The SMILES string of the molecule is COc1ccc(Cl)cc1C[NH+](C)Cn1nc(-c2ccccc2)n(C)c1=S. The van der Waals surface area contributed by atoms with Crippen molar-refractivity contribution in [1.82, 2.24) is 14.3 Å². The maximum absolute atomic E-state index is 6.13. The number of aromatic nitrogens is 3. The molecule has 7 heteroatoms. The van der Waals surface area contributed by atoms with Crippen molar-refractivity contribution in [2.24, 2.45) is 7.05 Å². The lowest BCUT2D eigenvalue weighted by atomic mass is 10.2. The number of hydrogen-bond acceptors (Lipinski definition) is 3. The highest BCUT2D eigenvalue weighted by Gasteiger charge is 2.15. The lowest BCUT2D eigenvalue weighted by Gasteiger charge is -2.16. The number of ether oxygens (including phenoxy) is 1. The van der Waals surface area contributed by atoms with Crippen LogP contribution in [0.1, 0.15) is 5.56 Å². The van der Waals surface area contributed by atoms with Crippen molar-refractivity contribution in [2.45, 2.75) is 13.2 Å². The summed E-state index contributed by atoms with van der Waals surface area (Å²) in [7, 11) is 5.71. The van der Waals surface area contributed by atoms with Crippen molar-refractivity contribution in [2.75, 3.05) is 14.2 Å². The summed E-state index contributed by atoms with van der Waals surface area (Å²) in [5.74, 6) is 1.70. The minimum atomic E-state index is 0.648. The predicted octanol–water partition coefficient (Wildman–Crippen LogP) is 2.95. The van der Waals surface area contributed by atoms with Crippen LogP contribution in [-0.2, 0) is 20.3 Å². The van der Waals surface area contributed by atoms with Crippen LogP contribution in [0.3, 0.4) is 0 Å². The zero-order valence-corrected chi connectivity index (χ0v) is 16.6. The van der Waals surface area contributed by atoms with Crippen molar-refractivity contribution in [3.8, 4) is 17.1 Å². The first-order valence-corrected chi connectivity index (χ1v) is 9.11. The van der Waals surface area contributed by atoms with E-state index in [9.17, 15) is 0 Å². The molecule has 3 aromatic rings. The summed E-state index contributed by atoms with van der Waals surface area (Å²) in [6.07, 6.45) is 0. The Hall–Kier alpha value is -2.15. The monoisotopic (exact) mass is 389 g/mol. The Bertz CT molecular complexity index is 952. The fourth-order valence-electron chi connectivity index (χ4n) is 2.95. The smallest absolute Gasteiger partial charge is 0.202 e. The molecule has 0 saturated heterocycles. The van der Waals surface area contributed by atoms with Crippen LogP contribution in [0.2, 0.25) is 5.02 Å². The number of quaternary nitrogens is 1. The van der Waals surface area contributed by atoms with Crippen molar-refractivity contribution in [3.05, 3.63) is 63.9 Å². The Morgan fingerprint density at radius 3 is 2.62 bits per heavy atom. The van der Waals surface area contributed by atoms with Crippen LogP contribution in [0.25, 0.3) is 11.4 Å². The number of nitrogens with one attached hydrogen (secondary N) is 1. The number of hydrogen-bond donors (Lipinski definition) is 1. The van der Waals surface area contributed by atoms with E-state index >= 15 is 0 Å². The van der Waals surface area contributed by atoms with Gasteiger partial charge in [-0.2, -0.15) is 4.68 Å². The van der Waals surface area contributed by atoms with Crippen LogP contribution >= 0.6 is 23.8 Å². The van der Waals surface area contributed by atoms with Crippen LogP contribution in [-0.4, -0.2) is 28.5 Å². The Kier molecular flexibility index (Phi) is 5.76. The maximum atomic E-state index is 6.13. The van der Waals surface area contributed by atoms with E-state index in [0.717, 1.165) is 29.2 Å². The van der Waals surface area contributed by atoms with Crippen molar-refractivity contribution < 1.29 is 9.64 Å². The zero-order chi connectivity index (χ0) is 18.7. The fourth-order valence-corrected chi connectivity index (χ4v) is 3.34. The van der Waals surface area contributed by atoms with E-state index in [1.807, 2.05) is 64.8 Å². The summed E-state index contributed by atoms with van der Waals surface area (Å²) >= 11 is 11.7. The van der Waals surface area contributed by atoms with Gasteiger partial charge in [0.25, 0.3) is 0 Å². The van der Waals surface area contributed by atoms with Gasteiger partial charge >= 0.3 is 0 Å². The topological polar surface area (TPSA) is 36.4 Å². The van der Waals surface area contributed by atoms with E-state index in [0.29, 0.717) is 16.5 Å². The lowest BCUT2D eigenvalue weighted by Crippen LogP contribution is -3.07. The van der Waals surface area contributed by atoms with Crippen LogP contribution in [0.5, 0.6) is 5.75 Å². The van der Waals surface area contributed by atoms with Gasteiger partial charge in [0.05, 0.1) is 14.2 Å². The molecule has 3 rings (SSSR count). The molecule has 2 aromatic carbocycles. The third kappa shape index (κ3) is 3.98. The molecular weight excluding hydrogens is 368 g/mol. The van der Waals surface area contributed by atoms with Gasteiger partial charge in [0.1, 0.15) is 12.3 Å². The molecule has 0 saturated carbocycles. The van der Waals surface area contributed by atoms with Gasteiger partial charge in [-0.1, -0.05) is 41.9 Å². The quantitative estimate of drug-likeness (QED) is 0.658. The lowest BCUT2D eigenvalue weighted by molar-refractivity contribution is -0.917. The highest BCUT2D eigenvalue weighted by Crippen LogP contribution is 2.21. The minimum Gasteiger partial charge on any atom is -0.496 e. The molecule has 26 heavy (non-hydrogen) atoms. The molecule has 0 aliphatic rings. The normalized spacial score (nSPS) is 12.2. The summed E-state index contributed by atoms with van der Waals surface area (Å²) in [5, 5.41) is 5.42. The number of rotatable bonds is 6. The van der Waals surface area contributed by atoms with Gasteiger partial charge in [-0.3, -0.25) is 0 Å². The molecule has 1 N–H and O–H groups in total. The highest BCUT2D eigenvalue weighted by molar-refractivity contribution is 7.71. The molecule has 0 aliphatic carbocycles.